The van der Waals surface area contributed by atoms with E-state index in [4.69, 9.17) is 0 Å². The van der Waals surface area contributed by atoms with Gasteiger partial charge in [-0.05, 0) is 43.9 Å². The molecule has 1 aliphatic carbocycles. The van der Waals surface area contributed by atoms with Gasteiger partial charge in [0.1, 0.15) is 0 Å². The third-order valence-corrected chi connectivity index (χ3v) is 6.19. The van der Waals surface area contributed by atoms with Crippen molar-refractivity contribution in [3.05, 3.63) is 29.3 Å². The number of sulfonamides is 1. The second kappa shape index (κ2) is 5.84. The van der Waals surface area contributed by atoms with Crippen molar-refractivity contribution in [3.8, 4) is 0 Å². The molecule has 0 heterocycles. The van der Waals surface area contributed by atoms with Gasteiger partial charge in [0, 0.05) is 7.05 Å². The highest BCUT2D eigenvalue weighted by Crippen LogP contribution is 2.28. The molecule has 2 atom stereocenters. The molecule has 1 fully saturated rings. The molecule has 0 spiro atoms. The number of hydrogen-bond acceptors (Lipinski definition) is 3. The van der Waals surface area contributed by atoms with Crippen LogP contribution in [-0.4, -0.2) is 37.0 Å². The van der Waals surface area contributed by atoms with Gasteiger partial charge in [-0.2, -0.15) is 4.31 Å². The summed E-state index contributed by atoms with van der Waals surface area (Å²) in [6, 6.07) is 5.13. The molecule has 1 N–H and O–H groups in total. The standard InChI is InChI=1S/C15H23NO3S/c1-11-8-9-12(2)15(10-11)20(18,19)16(3)13-6-4-5-7-14(13)17/h8-10,13-14,17H,4-7H2,1-3H3. The molecule has 0 amide bonds. The lowest BCUT2D eigenvalue weighted by atomic mass is 9.93. The number of aliphatic hydroxyl groups excluding tert-OH is 1. The van der Waals surface area contributed by atoms with E-state index in [1.807, 2.05) is 19.1 Å². The highest BCUT2D eigenvalue weighted by molar-refractivity contribution is 7.89. The largest absolute Gasteiger partial charge is 0.391 e. The Morgan fingerprint density at radius 2 is 1.85 bits per heavy atom. The summed E-state index contributed by atoms with van der Waals surface area (Å²) in [5, 5.41) is 10.1. The fourth-order valence-corrected chi connectivity index (χ4v) is 4.56. The maximum atomic E-state index is 12.8. The lowest BCUT2D eigenvalue weighted by molar-refractivity contribution is 0.0638. The highest BCUT2D eigenvalue weighted by Gasteiger charge is 2.34. The van der Waals surface area contributed by atoms with Crippen molar-refractivity contribution in [3.63, 3.8) is 0 Å². The van der Waals surface area contributed by atoms with Crippen LogP contribution in [0, 0.1) is 13.8 Å². The van der Waals surface area contributed by atoms with Crippen molar-refractivity contribution < 1.29 is 13.5 Å². The van der Waals surface area contributed by atoms with Crippen LogP contribution in [0.1, 0.15) is 36.8 Å². The van der Waals surface area contributed by atoms with Crippen LogP contribution in [0.15, 0.2) is 23.1 Å². The Labute approximate surface area is 121 Å². The SMILES string of the molecule is Cc1ccc(C)c(S(=O)(=O)N(C)C2CCCCC2O)c1. The summed E-state index contributed by atoms with van der Waals surface area (Å²) >= 11 is 0. The van der Waals surface area contributed by atoms with Gasteiger partial charge in [0.2, 0.25) is 10.0 Å². The molecule has 1 aliphatic rings. The van der Waals surface area contributed by atoms with E-state index in [-0.39, 0.29) is 6.04 Å². The van der Waals surface area contributed by atoms with Crippen molar-refractivity contribution in [2.45, 2.75) is 56.6 Å². The first kappa shape index (κ1) is 15.5. The third kappa shape index (κ3) is 2.90. The van der Waals surface area contributed by atoms with Crippen LogP contribution in [-0.2, 0) is 10.0 Å². The summed E-state index contributed by atoms with van der Waals surface area (Å²) in [6.07, 6.45) is 2.77. The van der Waals surface area contributed by atoms with Gasteiger partial charge < -0.3 is 5.11 Å². The molecule has 1 saturated carbocycles. The van der Waals surface area contributed by atoms with E-state index < -0.39 is 16.1 Å². The van der Waals surface area contributed by atoms with Crippen molar-refractivity contribution in [2.75, 3.05) is 7.05 Å². The zero-order chi connectivity index (χ0) is 14.9. The first-order chi connectivity index (χ1) is 9.34. The monoisotopic (exact) mass is 297 g/mol. The average molecular weight is 297 g/mol. The number of aliphatic hydroxyl groups is 1. The van der Waals surface area contributed by atoms with E-state index >= 15 is 0 Å². The fourth-order valence-electron chi connectivity index (χ4n) is 2.83. The Morgan fingerprint density at radius 1 is 1.20 bits per heavy atom. The van der Waals surface area contributed by atoms with Crippen molar-refractivity contribution in [2.24, 2.45) is 0 Å². The second-order valence-corrected chi connectivity index (χ2v) is 7.68. The van der Waals surface area contributed by atoms with Crippen LogP contribution in [0.2, 0.25) is 0 Å². The zero-order valence-electron chi connectivity index (χ0n) is 12.3. The van der Waals surface area contributed by atoms with Crippen LogP contribution in [0.4, 0.5) is 0 Å². The summed E-state index contributed by atoms with van der Waals surface area (Å²) in [6.45, 7) is 3.69. The lowest BCUT2D eigenvalue weighted by Crippen LogP contribution is -2.46. The molecule has 0 aliphatic heterocycles. The van der Waals surface area contributed by atoms with E-state index in [1.54, 1.807) is 20.0 Å². The number of likely N-dealkylation sites (N-methyl/N-ethyl adjacent to an activating group) is 1. The van der Waals surface area contributed by atoms with E-state index in [2.05, 4.69) is 0 Å². The Kier molecular flexibility index (Phi) is 4.52. The maximum absolute atomic E-state index is 12.8. The summed E-state index contributed by atoms with van der Waals surface area (Å²) in [5.74, 6) is 0. The van der Waals surface area contributed by atoms with E-state index in [0.717, 1.165) is 30.4 Å². The fraction of sp³-hybridized carbons (Fsp3) is 0.600. The number of hydrogen-bond donors (Lipinski definition) is 1. The summed E-state index contributed by atoms with van der Waals surface area (Å²) in [5.41, 5.74) is 1.67. The van der Waals surface area contributed by atoms with Gasteiger partial charge in [0.05, 0.1) is 17.0 Å². The number of nitrogens with zero attached hydrogens (tertiary/aromatic N) is 1. The molecule has 1 aromatic carbocycles. The van der Waals surface area contributed by atoms with E-state index in [0.29, 0.717) is 11.3 Å². The van der Waals surface area contributed by atoms with Gasteiger partial charge in [-0.25, -0.2) is 8.42 Å². The predicted molar refractivity (Wildman–Crippen MR) is 79.1 cm³/mol. The normalized spacial score (nSPS) is 24.1. The van der Waals surface area contributed by atoms with Crippen molar-refractivity contribution in [1.29, 1.82) is 0 Å². The highest BCUT2D eigenvalue weighted by atomic mass is 32.2. The number of aryl methyl sites for hydroxylation is 2. The minimum atomic E-state index is -3.55. The molecule has 0 saturated heterocycles. The average Bonchev–Trinajstić information content (AvgIpc) is 2.41. The maximum Gasteiger partial charge on any atom is 0.243 e. The van der Waals surface area contributed by atoms with E-state index in [9.17, 15) is 13.5 Å². The Bertz CT molecular complexity index is 583. The molecule has 0 aromatic heterocycles. The van der Waals surface area contributed by atoms with Crippen LogP contribution in [0.3, 0.4) is 0 Å². The summed E-state index contributed by atoms with van der Waals surface area (Å²) in [7, 11) is -1.97. The molecule has 0 radical (unpaired) electrons. The van der Waals surface area contributed by atoms with E-state index in [1.165, 1.54) is 4.31 Å². The molecule has 112 valence electrons. The third-order valence-electron chi connectivity index (χ3n) is 4.16. The zero-order valence-corrected chi connectivity index (χ0v) is 13.2. The summed E-state index contributed by atoms with van der Waals surface area (Å²) < 4.78 is 26.9. The van der Waals surface area contributed by atoms with Crippen LogP contribution >= 0.6 is 0 Å². The number of benzene rings is 1. The minimum Gasteiger partial charge on any atom is -0.391 e. The molecule has 20 heavy (non-hydrogen) atoms. The molecule has 2 rings (SSSR count). The molecular weight excluding hydrogens is 274 g/mol. The van der Waals surface area contributed by atoms with Gasteiger partial charge in [-0.3, -0.25) is 0 Å². The van der Waals surface area contributed by atoms with Gasteiger partial charge in [0.15, 0.2) is 0 Å². The van der Waals surface area contributed by atoms with Gasteiger partial charge in [-0.15, -0.1) is 0 Å². The minimum absolute atomic E-state index is 0.311. The molecule has 4 nitrogen and oxygen atoms in total. The Balaban J connectivity index is 2.36. The smallest absolute Gasteiger partial charge is 0.243 e. The lowest BCUT2D eigenvalue weighted by Gasteiger charge is -2.34. The number of rotatable bonds is 3. The van der Waals surface area contributed by atoms with Gasteiger partial charge in [0.25, 0.3) is 0 Å². The molecule has 1 aromatic rings. The van der Waals surface area contributed by atoms with Gasteiger partial charge >= 0.3 is 0 Å². The molecule has 2 unspecified atom stereocenters. The molecule has 5 heteroatoms. The predicted octanol–water partition coefficient (Wildman–Crippen LogP) is 2.23. The molecular formula is C15H23NO3S. The van der Waals surface area contributed by atoms with Crippen LogP contribution in [0.25, 0.3) is 0 Å². The van der Waals surface area contributed by atoms with Crippen molar-refractivity contribution >= 4 is 10.0 Å². The quantitative estimate of drug-likeness (QED) is 0.930. The Morgan fingerprint density at radius 3 is 2.50 bits per heavy atom. The van der Waals surface area contributed by atoms with Crippen LogP contribution in [0.5, 0.6) is 0 Å². The Hall–Kier alpha value is -0.910. The summed E-state index contributed by atoms with van der Waals surface area (Å²) in [4.78, 5) is 0.345. The van der Waals surface area contributed by atoms with Crippen molar-refractivity contribution in [1.82, 2.24) is 4.31 Å². The first-order valence-electron chi connectivity index (χ1n) is 7.07. The topological polar surface area (TPSA) is 57.6 Å². The second-order valence-electron chi connectivity index (χ2n) is 5.71. The van der Waals surface area contributed by atoms with Gasteiger partial charge in [-0.1, -0.05) is 25.0 Å². The molecule has 0 bridgehead atoms. The van der Waals surface area contributed by atoms with Crippen LogP contribution < -0.4 is 0 Å². The first-order valence-corrected chi connectivity index (χ1v) is 8.51.